The van der Waals surface area contributed by atoms with Gasteiger partial charge >= 0.3 is 5.97 Å². The summed E-state index contributed by atoms with van der Waals surface area (Å²) in [4.78, 5) is 24.3. The van der Waals surface area contributed by atoms with Crippen LogP contribution in [0.25, 0.3) is 11.3 Å². The number of carboxylic acid groups (broad SMARTS) is 1. The van der Waals surface area contributed by atoms with Crippen molar-refractivity contribution in [2.45, 2.75) is 13.0 Å². The summed E-state index contributed by atoms with van der Waals surface area (Å²) in [7, 11) is 3.02. The van der Waals surface area contributed by atoms with E-state index in [0.717, 1.165) is 16.2 Å². The Morgan fingerprint density at radius 3 is 2.50 bits per heavy atom. The number of methoxy groups -OCH3 is 1. The lowest BCUT2D eigenvalue weighted by Gasteiger charge is -2.20. The van der Waals surface area contributed by atoms with Crippen molar-refractivity contribution in [1.82, 2.24) is 15.1 Å². The Bertz CT molecular complexity index is 678. The number of hydrogen-bond donors (Lipinski definition) is 2. The molecule has 0 radical (unpaired) electrons. The molecular formula is C15H17N3O4. The molecule has 0 spiro atoms. The van der Waals surface area contributed by atoms with E-state index in [-0.39, 0.29) is 5.69 Å². The van der Waals surface area contributed by atoms with Crippen molar-refractivity contribution in [2.75, 3.05) is 14.2 Å². The topological polar surface area (TPSA) is 95.5 Å². The van der Waals surface area contributed by atoms with Gasteiger partial charge in [0.05, 0.1) is 12.8 Å². The van der Waals surface area contributed by atoms with Crippen LogP contribution in [0.5, 0.6) is 5.75 Å². The van der Waals surface area contributed by atoms with E-state index >= 15 is 0 Å². The third-order valence-corrected chi connectivity index (χ3v) is 3.45. The molecule has 0 saturated heterocycles. The van der Waals surface area contributed by atoms with Crippen LogP contribution in [0.3, 0.4) is 0 Å². The average molecular weight is 303 g/mol. The molecule has 1 aromatic carbocycles. The zero-order chi connectivity index (χ0) is 16.3. The van der Waals surface area contributed by atoms with Crippen LogP contribution in [0.1, 0.15) is 17.4 Å². The molecule has 22 heavy (non-hydrogen) atoms. The van der Waals surface area contributed by atoms with Crippen LogP contribution in [-0.2, 0) is 4.79 Å². The highest BCUT2D eigenvalue weighted by atomic mass is 16.5. The number of rotatable bonds is 5. The van der Waals surface area contributed by atoms with Crippen molar-refractivity contribution in [2.24, 2.45) is 0 Å². The first-order valence-electron chi connectivity index (χ1n) is 6.64. The van der Waals surface area contributed by atoms with Crippen LogP contribution in [-0.4, -0.2) is 52.3 Å². The molecular weight excluding hydrogens is 286 g/mol. The van der Waals surface area contributed by atoms with Crippen LogP contribution in [0, 0.1) is 0 Å². The largest absolute Gasteiger partial charge is 0.497 e. The Hall–Kier alpha value is -2.83. The van der Waals surface area contributed by atoms with Crippen LogP contribution < -0.4 is 4.74 Å². The van der Waals surface area contributed by atoms with Crippen LogP contribution in [0.15, 0.2) is 30.3 Å². The van der Waals surface area contributed by atoms with Gasteiger partial charge in [-0.2, -0.15) is 5.10 Å². The van der Waals surface area contributed by atoms with Gasteiger partial charge in [0.1, 0.15) is 17.5 Å². The van der Waals surface area contributed by atoms with Crippen molar-refractivity contribution in [3.63, 3.8) is 0 Å². The fraction of sp³-hybridized carbons (Fsp3) is 0.267. The molecule has 0 aliphatic carbocycles. The molecule has 2 N–H and O–H groups in total. The number of nitrogens with zero attached hydrogens (tertiary/aromatic N) is 2. The number of ether oxygens (including phenoxy) is 1. The number of amides is 1. The first-order valence-corrected chi connectivity index (χ1v) is 6.64. The maximum absolute atomic E-state index is 12.2. The highest BCUT2D eigenvalue weighted by molar-refractivity contribution is 5.95. The monoisotopic (exact) mass is 303 g/mol. The smallest absolute Gasteiger partial charge is 0.326 e. The molecule has 2 rings (SSSR count). The molecule has 0 saturated carbocycles. The zero-order valence-corrected chi connectivity index (χ0v) is 12.5. The summed E-state index contributed by atoms with van der Waals surface area (Å²) in [5.74, 6) is -0.765. The molecule has 2 aromatic rings. The molecule has 0 bridgehead atoms. The van der Waals surface area contributed by atoms with Crippen LogP contribution in [0.4, 0.5) is 0 Å². The number of carbonyl (C=O) groups excluding carboxylic acids is 1. The Labute approximate surface area is 127 Å². The number of aromatic nitrogens is 2. The molecule has 1 unspecified atom stereocenters. The second-order valence-electron chi connectivity index (χ2n) is 4.83. The molecule has 1 aromatic heterocycles. The number of carboxylic acids is 1. The van der Waals surface area contributed by atoms with E-state index in [2.05, 4.69) is 10.2 Å². The predicted octanol–water partition coefficient (Wildman–Crippen LogP) is 1.63. The minimum absolute atomic E-state index is 0.237. The number of nitrogens with one attached hydrogen (secondary N) is 1. The highest BCUT2D eigenvalue weighted by Gasteiger charge is 2.24. The number of H-pyrrole nitrogens is 1. The molecule has 1 heterocycles. The SMILES string of the molecule is COc1ccc(-c2cc(C(=O)N(C)C(C)C(=O)O)[nH]n2)cc1. The molecule has 0 fully saturated rings. The Balaban J connectivity index is 2.20. The predicted molar refractivity (Wildman–Crippen MR) is 79.8 cm³/mol. The lowest BCUT2D eigenvalue weighted by molar-refractivity contribution is -0.141. The maximum Gasteiger partial charge on any atom is 0.326 e. The first kappa shape index (κ1) is 15.6. The minimum atomic E-state index is -1.06. The second-order valence-corrected chi connectivity index (χ2v) is 4.83. The van der Waals surface area contributed by atoms with Gasteiger partial charge in [-0.05, 0) is 37.3 Å². The van der Waals surface area contributed by atoms with Gasteiger partial charge in [-0.1, -0.05) is 0 Å². The van der Waals surface area contributed by atoms with Crippen molar-refractivity contribution in [3.8, 4) is 17.0 Å². The summed E-state index contributed by atoms with van der Waals surface area (Å²) in [6, 6.07) is 7.92. The van der Waals surface area contributed by atoms with Gasteiger partial charge in [0.2, 0.25) is 0 Å². The van der Waals surface area contributed by atoms with Crippen LogP contribution in [0.2, 0.25) is 0 Å². The van der Waals surface area contributed by atoms with Gasteiger partial charge in [0.25, 0.3) is 5.91 Å². The number of aliphatic carboxylic acids is 1. The van der Waals surface area contributed by atoms with Gasteiger partial charge in [-0.15, -0.1) is 0 Å². The van der Waals surface area contributed by atoms with E-state index in [1.165, 1.54) is 14.0 Å². The number of aromatic amines is 1. The third-order valence-electron chi connectivity index (χ3n) is 3.45. The van der Waals surface area contributed by atoms with Crippen LogP contribution >= 0.6 is 0 Å². The van der Waals surface area contributed by atoms with E-state index in [1.54, 1.807) is 25.3 Å². The van der Waals surface area contributed by atoms with Gasteiger partial charge in [0.15, 0.2) is 0 Å². The van der Waals surface area contributed by atoms with Gasteiger partial charge in [-0.25, -0.2) is 4.79 Å². The quantitative estimate of drug-likeness (QED) is 0.875. The molecule has 1 atom stereocenters. The number of benzene rings is 1. The Morgan fingerprint density at radius 1 is 1.32 bits per heavy atom. The molecule has 1 amide bonds. The van der Waals surface area contributed by atoms with Gasteiger partial charge < -0.3 is 14.7 Å². The zero-order valence-electron chi connectivity index (χ0n) is 12.5. The van der Waals surface area contributed by atoms with Crippen molar-refractivity contribution >= 4 is 11.9 Å². The number of hydrogen-bond acceptors (Lipinski definition) is 4. The van der Waals surface area contributed by atoms with Crippen molar-refractivity contribution in [3.05, 3.63) is 36.0 Å². The summed E-state index contributed by atoms with van der Waals surface area (Å²) >= 11 is 0. The fourth-order valence-electron chi connectivity index (χ4n) is 1.87. The van der Waals surface area contributed by atoms with E-state index in [9.17, 15) is 9.59 Å². The van der Waals surface area contributed by atoms with Crippen molar-refractivity contribution < 1.29 is 19.4 Å². The molecule has 7 heteroatoms. The first-order chi connectivity index (χ1) is 10.4. The summed E-state index contributed by atoms with van der Waals surface area (Å²) in [6.45, 7) is 1.45. The minimum Gasteiger partial charge on any atom is -0.497 e. The third kappa shape index (κ3) is 3.08. The van der Waals surface area contributed by atoms with E-state index < -0.39 is 17.9 Å². The van der Waals surface area contributed by atoms with Gasteiger partial charge in [-0.3, -0.25) is 9.89 Å². The van der Waals surface area contributed by atoms with E-state index in [0.29, 0.717) is 5.69 Å². The number of carbonyl (C=O) groups is 2. The summed E-state index contributed by atoms with van der Waals surface area (Å²) in [6.07, 6.45) is 0. The molecule has 0 aliphatic rings. The van der Waals surface area contributed by atoms with Crippen molar-refractivity contribution in [1.29, 1.82) is 0 Å². The lowest BCUT2D eigenvalue weighted by Crippen LogP contribution is -2.40. The second kappa shape index (κ2) is 6.30. The molecule has 7 nitrogen and oxygen atoms in total. The number of likely N-dealkylation sites (N-methyl/N-ethyl adjacent to an activating group) is 1. The summed E-state index contributed by atoms with van der Waals surface area (Å²) in [5.41, 5.74) is 1.66. The standard InChI is InChI=1S/C15H17N3O4/c1-9(15(20)21)18(2)14(19)13-8-12(16-17-13)10-4-6-11(22-3)7-5-10/h4-9H,1-3H3,(H,16,17)(H,20,21). The normalized spacial score (nSPS) is 11.8. The average Bonchev–Trinajstić information content (AvgIpc) is 3.02. The van der Waals surface area contributed by atoms with E-state index in [4.69, 9.17) is 9.84 Å². The summed E-state index contributed by atoms with van der Waals surface area (Å²) in [5, 5.41) is 15.7. The Kier molecular flexibility index (Phi) is 4.45. The fourth-order valence-corrected chi connectivity index (χ4v) is 1.87. The molecule has 0 aliphatic heterocycles. The van der Waals surface area contributed by atoms with E-state index in [1.807, 2.05) is 12.1 Å². The van der Waals surface area contributed by atoms with Gasteiger partial charge in [0, 0.05) is 12.6 Å². The summed E-state index contributed by atoms with van der Waals surface area (Å²) < 4.78 is 5.08. The highest BCUT2D eigenvalue weighted by Crippen LogP contribution is 2.21. The Morgan fingerprint density at radius 2 is 1.95 bits per heavy atom. The lowest BCUT2D eigenvalue weighted by atomic mass is 10.1. The molecule has 116 valence electrons. The maximum atomic E-state index is 12.2.